The topological polar surface area (TPSA) is 26.3 Å². The van der Waals surface area contributed by atoms with Gasteiger partial charge in [0.1, 0.15) is 12.4 Å². The van der Waals surface area contributed by atoms with E-state index < -0.39 is 0 Å². The van der Waals surface area contributed by atoms with Gasteiger partial charge < -0.3 is 4.74 Å². The predicted molar refractivity (Wildman–Crippen MR) is 75.4 cm³/mol. The molecule has 1 aliphatic carbocycles. The van der Waals surface area contributed by atoms with Crippen molar-refractivity contribution >= 4 is 33.0 Å². The lowest BCUT2D eigenvalue weighted by atomic mass is 10.1. The van der Waals surface area contributed by atoms with Gasteiger partial charge in [0.2, 0.25) is 0 Å². The molecule has 0 saturated carbocycles. The van der Waals surface area contributed by atoms with Crippen LogP contribution in [0.25, 0.3) is 0 Å². The van der Waals surface area contributed by atoms with E-state index >= 15 is 0 Å². The Morgan fingerprint density at radius 1 is 1.28 bits per heavy atom. The first-order valence-electron chi connectivity index (χ1n) is 5.75. The largest absolute Gasteiger partial charge is 0.488 e. The van der Waals surface area contributed by atoms with Crippen molar-refractivity contribution in [2.45, 2.75) is 19.4 Å². The number of carbonyl (C=O) groups excluding carboxylic acids is 1. The molecule has 0 aliphatic heterocycles. The highest BCUT2D eigenvalue weighted by Gasteiger charge is 2.22. The van der Waals surface area contributed by atoms with Gasteiger partial charge in [-0.25, -0.2) is 0 Å². The number of rotatable bonds is 3. The molecule has 4 heteroatoms. The molecule has 1 aliphatic rings. The molecule has 1 aromatic carbocycles. The third-order valence-corrected chi connectivity index (χ3v) is 4.99. The Balaban J connectivity index is 1.82. The number of halogens is 1. The molecule has 1 aromatic heterocycles. The normalized spacial score (nSPS) is 13.7. The highest BCUT2D eigenvalue weighted by Crippen LogP contribution is 2.32. The molecule has 0 N–H and O–H groups in total. The van der Waals surface area contributed by atoms with Crippen molar-refractivity contribution in [2.24, 2.45) is 0 Å². The van der Waals surface area contributed by atoms with E-state index in [0.29, 0.717) is 13.0 Å². The van der Waals surface area contributed by atoms with Crippen LogP contribution in [0.1, 0.15) is 27.2 Å². The predicted octanol–water partition coefficient (Wildman–Crippen LogP) is 4.22. The number of carbonyl (C=O) groups is 1. The average molecular weight is 323 g/mol. The Kier molecular flexibility index (Phi) is 3.22. The standard InChI is InChI=1S/C14H11BrO2S/c15-11-6-7-18-14(11)8-17-13-3-1-2-9-10(13)4-5-12(9)16/h1-3,6-7H,4-5,8H2. The van der Waals surface area contributed by atoms with E-state index in [1.54, 1.807) is 11.3 Å². The zero-order chi connectivity index (χ0) is 12.5. The molecule has 0 radical (unpaired) electrons. The average Bonchev–Trinajstić information content (AvgIpc) is 2.95. The zero-order valence-corrected chi connectivity index (χ0v) is 12.0. The van der Waals surface area contributed by atoms with Gasteiger partial charge in [-0.1, -0.05) is 12.1 Å². The second-order valence-corrected chi connectivity index (χ2v) is 6.04. The molecule has 2 aromatic rings. The van der Waals surface area contributed by atoms with Gasteiger partial charge >= 0.3 is 0 Å². The molecule has 18 heavy (non-hydrogen) atoms. The fraction of sp³-hybridized carbons (Fsp3) is 0.214. The van der Waals surface area contributed by atoms with Crippen LogP contribution in [0.15, 0.2) is 34.1 Å². The molecule has 0 atom stereocenters. The Morgan fingerprint density at radius 2 is 2.17 bits per heavy atom. The van der Waals surface area contributed by atoms with Crippen LogP contribution in [0.4, 0.5) is 0 Å². The van der Waals surface area contributed by atoms with Crippen molar-refractivity contribution in [1.29, 1.82) is 0 Å². The molecule has 0 bridgehead atoms. The fourth-order valence-electron chi connectivity index (χ4n) is 2.16. The molecular weight excluding hydrogens is 312 g/mol. The summed E-state index contributed by atoms with van der Waals surface area (Å²) in [5.74, 6) is 1.08. The number of thiophene rings is 1. The smallest absolute Gasteiger partial charge is 0.163 e. The second kappa shape index (κ2) is 4.86. The van der Waals surface area contributed by atoms with Gasteiger partial charge in [-0.3, -0.25) is 4.79 Å². The van der Waals surface area contributed by atoms with Gasteiger partial charge in [0.05, 0.1) is 4.88 Å². The molecule has 0 unspecified atom stereocenters. The Hall–Kier alpha value is -1.13. The van der Waals surface area contributed by atoms with E-state index in [1.165, 1.54) is 0 Å². The maximum absolute atomic E-state index is 11.6. The quantitative estimate of drug-likeness (QED) is 0.845. The van der Waals surface area contributed by atoms with Crippen molar-refractivity contribution in [3.05, 3.63) is 50.1 Å². The molecule has 92 valence electrons. The first kappa shape index (κ1) is 11.9. The third kappa shape index (κ3) is 2.10. The minimum atomic E-state index is 0.229. The summed E-state index contributed by atoms with van der Waals surface area (Å²) in [5.41, 5.74) is 1.90. The molecule has 0 spiro atoms. The lowest BCUT2D eigenvalue weighted by Gasteiger charge is -2.09. The van der Waals surface area contributed by atoms with Crippen LogP contribution >= 0.6 is 27.3 Å². The minimum absolute atomic E-state index is 0.229. The van der Waals surface area contributed by atoms with Crippen LogP contribution in [0.5, 0.6) is 5.75 Å². The van der Waals surface area contributed by atoms with E-state index in [1.807, 2.05) is 29.6 Å². The second-order valence-electron chi connectivity index (χ2n) is 4.19. The summed E-state index contributed by atoms with van der Waals surface area (Å²) in [5, 5.41) is 2.03. The zero-order valence-electron chi connectivity index (χ0n) is 9.61. The molecule has 2 nitrogen and oxygen atoms in total. The number of Topliss-reactive ketones (excluding diaryl/α,β-unsaturated/α-hetero) is 1. The Morgan fingerprint density at radius 3 is 2.94 bits per heavy atom. The number of fused-ring (bicyclic) bond motifs is 1. The van der Waals surface area contributed by atoms with E-state index in [9.17, 15) is 4.79 Å². The molecule has 1 heterocycles. The Labute approximate surface area is 118 Å². The van der Waals surface area contributed by atoms with Crippen LogP contribution in [0.2, 0.25) is 0 Å². The van der Waals surface area contributed by atoms with Crippen LogP contribution in [-0.4, -0.2) is 5.78 Å². The fourth-order valence-corrected chi connectivity index (χ4v) is 3.54. The highest BCUT2D eigenvalue weighted by atomic mass is 79.9. The summed E-state index contributed by atoms with van der Waals surface area (Å²) >= 11 is 5.15. The van der Waals surface area contributed by atoms with Gasteiger partial charge in [-0.05, 0) is 39.9 Å². The summed E-state index contributed by atoms with van der Waals surface area (Å²) in [4.78, 5) is 12.8. The molecule has 0 saturated heterocycles. The van der Waals surface area contributed by atoms with Crippen LogP contribution in [-0.2, 0) is 13.0 Å². The summed E-state index contributed by atoms with van der Waals surface area (Å²) < 4.78 is 6.93. The number of hydrogen-bond acceptors (Lipinski definition) is 3. The monoisotopic (exact) mass is 322 g/mol. The van der Waals surface area contributed by atoms with E-state index in [2.05, 4.69) is 15.9 Å². The maximum atomic E-state index is 11.6. The lowest BCUT2D eigenvalue weighted by molar-refractivity contribution is 0.0994. The van der Waals surface area contributed by atoms with Crippen molar-refractivity contribution in [3.8, 4) is 5.75 Å². The minimum Gasteiger partial charge on any atom is -0.488 e. The van der Waals surface area contributed by atoms with Crippen LogP contribution < -0.4 is 4.74 Å². The SMILES string of the molecule is O=C1CCc2c(OCc3sccc3Br)cccc21. The van der Waals surface area contributed by atoms with Gasteiger partial charge in [-0.2, -0.15) is 0 Å². The van der Waals surface area contributed by atoms with E-state index in [4.69, 9.17) is 4.74 Å². The lowest BCUT2D eigenvalue weighted by Crippen LogP contribution is -1.98. The summed E-state index contributed by atoms with van der Waals surface area (Å²) in [7, 11) is 0. The van der Waals surface area contributed by atoms with Crippen molar-refractivity contribution in [2.75, 3.05) is 0 Å². The van der Waals surface area contributed by atoms with Crippen molar-refractivity contribution < 1.29 is 9.53 Å². The van der Waals surface area contributed by atoms with Gasteiger partial charge in [0, 0.05) is 22.0 Å². The molecule has 0 fully saturated rings. The number of benzene rings is 1. The number of hydrogen-bond donors (Lipinski definition) is 0. The maximum Gasteiger partial charge on any atom is 0.163 e. The first-order valence-corrected chi connectivity index (χ1v) is 7.43. The number of ether oxygens (including phenoxy) is 1. The first-order chi connectivity index (χ1) is 8.75. The highest BCUT2D eigenvalue weighted by molar-refractivity contribution is 9.10. The van der Waals surface area contributed by atoms with E-state index in [-0.39, 0.29) is 5.78 Å². The van der Waals surface area contributed by atoms with Gasteiger partial charge in [0.25, 0.3) is 0 Å². The third-order valence-electron chi connectivity index (χ3n) is 3.09. The van der Waals surface area contributed by atoms with Gasteiger partial charge in [0.15, 0.2) is 5.78 Å². The molecule has 0 amide bonds. The Bertz CT molecular complexity index is 604. The van der Waals surface area contributed by atoms with Crippen LogP contribution in [0, 0.1) is 0 Å². The summed E-state index contributed by atoms with van der Waals surface area (Å²) in [6, 6.07) is 7.74. The number of ketones is 1. The van der Waals surface area contributed by atoms with Crippen molar-refractivity contribution in [1.82, 2.24) is 0 Å². The van der Waals surface area contributed by atoms with E-state index in [0.717, 1.165) is 32.6 Å². The van der Waals surface area contributed by atoms with Crippen molar-refractivity contribution in [3.63, 3.8) is 0 Å². The van der Waals surface area contributed by atoms with Gasteiger partial charge in [-0.15, -0.1) is 11.3 Å². The summed E-state index contributed by atoms with van der Waals surface area (Å²) in [6.45, 7) is 0.545. The molecular formula is C14H11BrO2S. The molecule has 3 rings (SSSR count). The summed E-state index contributed by atoms with van der Waals surface area (Å²) in [6.07, 6.45) is 1.41. The van der Waals surface area contributed by atoms with Crippen LogP contribution in [0.3, 0.4) is 0 Å².